The van der Waals surface area contributed by atoms with Gasteiger partial charge in [0.1, 0.15) is 5.82 Å². The van der Waals surface area contributed by atoms with E-state index in [0.29, 0.717) is 5.82 Å². The normalized spacial score (nSPS) is 11.1. The number of anilines is 2. The van der Waals surface area contributed by atoms with Gasteiger partial charge in [0.25, 0.3) is 0 Å². The van der Waals surface area contributed by atoms with Gasteiger partial charge >= 0.3 is 5.97 Å². The van der Waals surface area contributed by atoms with Crippen LogP contribution in [0.3, 0.4) is 0 Å². The van der Waals surface area contributed by atoms with Crippen LogP contribution in [-0.4, -0.2) is 35.7 Å². The minimum Gasteiger partial charge on any atom is -0.481 e. The average Bonchev–Trinajstić information content (AvgIpc) is 2.81. The second-order valence-corrected chi connectivity index (χ2v) is 7.17. The Hall–Kier alpha value is -3.38. The fraction of sp³-hybridized carbons (Fsp3) is 0.280. The topological polar surface area (TPSA) is 100 Å². The predicted molar refractivity (Wildman–Crippen MR) is 127 cm³/mol. The Balaban J connectivity index is 0.000000488. The lowest BCUT2D eigenvalue weighted by Crippen LogP contribution is -2.21. The van der Waals surface area contributed by atoms with E-state index in [2.05, 4.69) is 15.6 Å². The van der Waals surface area contributed by atoms with Gasteiger partial charge in [0.15, 0.2) is 0 Å². The quantitative estimate of drug-likeness (QED) is 0.367. The number of carbonyl (C=O) groups is 1. The second-order valence-electron chi connectivity index (χ2n) is 7.17. The van der Waals surface area contributed by atoms with Crippen molar-refractivity contribution in [1.82, 2.24) is 10.3 Å². The number of aromatic nitrogens is 1. The van der Waals surface area contributed by atoms with Gasteiger partial charge in [0.2, 0.25) is 0 Å². The number of pyridine rings is 1. The van der Waals surface area contributed by atoms with Crippen molar-refractivity contribution in [3.63, 3.8) is 0 Å². The molecule has 3 aromatic rings. The molecular weight excluding hydrogens is 388 g/mol. The molecule has 0 aliphatic carbocycles. The standard InChI is InChI=1S/C19H26N4O2.C6H6/c1-14(19(24)25)16-7-5-15(6-8-16)9-13-21-10-3-12-22-17-4-2-11-23-18(17)20;1-2-4-6-5-3-1/h2,4-8,11,14,21-22H,3,9-10,12-13H2,1H3,(H2,20,23)(H,24,25);1-6H. The number of aliphatic carboxylic acids is 1. The minimum absolute atomic E-state index is 0.464. The van der Waals surface area contributed by atoms with Crippen molar-refractivity contribution in [2.24, 2.45) is 0 Å². The summed E-state index contributed by atoms with van der Waals surface area (Å²) >= 11 is 0. The lowest BCUT2D eigenvalue weighted by Gasteiger charge is -2.10. The highest BCUT2D eigenvalue weighted by Gasteiger charge is 2.12. The SMILES string of the molecule is CC(C(=O)O)c1ccc(CCNCCCNc2cccnc2N)cc1.c1ccccc1. The number of rotatable bonds is 10. The van der Waals surface area contributed by atoms with E-state index in [-0.39, 0.29) is 0 Å². The molecular formula is C25H32N4O2. The fourth-order valence-electron chi connectivity index (χ4n) is 2.86. The van der Waals surface area contributed by atoms with Crippen molar-refractivity contribution >= 4 is 17.5 Å². The van der Waals surface area contributed by atoms with Gasteiger partial charge < -0.3 is 21.5 Å². The highest BCUT2D eigenvalue weighted by molar-refractivity contribution is 5.75. The maximum atomic E-state index is 11.0. The minimum atomic E-state index is -0.795. The maximum absolute atomic E-state index is 11.0. The summed E-state index contributed by atoms with van der Waals surface area (Å²) in [5.41, 5.74) is 8.69. The van der Waals surface area contributed by atoms with Gasteiger partial charge in [-0.25, -0.2) is 4.98 Å². The van der Waals surface area contributed by atoms with Crippen LogP contribution in [0.15, 0.2) is 79.0 Å². The molecule has 0 saturated heterocycles. The molecule has 2 aromatic carbocycles. The van der Waals surface area contributed by atoms with E-state index in [1.807, 2.05) is 72.8 Å². The molecule has 0 bridgehead atoms. The van der Waals surface area contributed by atoms with Crippen molar-refractivity contribution < 1.29 is 9.90 Å². The molecule has 0 fully saturated rings. The van der Waals surface area contributed by atoms with Gasteiger partial charge in [0.05, 0.1) is 11.6 Å². The summed E-state index contributed by atoms with van der Waals surface area (Å²) < 4.78 is 0. The second kappa shape index (κ2) is 13.8. The summed E-state index contributed by atoms with van der Waals surface area (Å²) in [5, 5.41) is 15.7. The smallest absolute Gasteiger partial charge is 0.310 e. The lowest BCUT2D eigenvalue weighted by molar-refractivity contribution is -0.138. The van der Waals surface area contributed by atoms with Crippen LogP contribution < -0.4 is 16.4 Å². The molecule has 1 heterocycles. The maximum Gasteiger partial charge on any atom is 0.310 e. The Morgan fingerprint density at radius 2 is 1.61 bits per heavy atom. The van der Waals surface area contributed by atoms with E-state index < -0.39 is 11.9 Å². The van der Waals surface area contributed by atoms with Crippen LogP contribution in [0.25, 0.3) is 0 Å². The molecule has 164 valence electrons. The molecule has 0 amide bonds. The molecule has 0 saturated carbocycles. The number of carboxylic acid groups (broad SMARTS) is 1. The number of nitrogens with zero attached hydrogens (tertiary/aromatic N) is 1. The van der Waals surface area contributed by atoms with Gasteiger partial charge in [0, 0.05) is 12.7 Å². The molecule has 1 unspecified atom stereocenters. The first kappa shape index (κ1) is 23.9. The summed E-state index contributed by atoms with van der Waals surface area (Å²) in [6, 6.07) is 23.6. The number of nitrogens with two attached hydrogens (primary N) is 1. The van der Waals surface area contributed by atoms with Gasteiger partial charge in [-0.1, -0.05) is 60.7 Å². The van der Waals surface area contributed by atoms with Crippen LogP contribution in [-0.2, 0) is 11.2 Å². The van der Waals surface area contributed by atoms with Crippen LogP contribution in [0.2, 0.25) is 0 Å². The summed E-state index contributed by atoms with van der Waals surface area (Å²) in [6.45, 7) is 4.35. The first-order valence-electron chi connectivity index (χ1n) is 10.5. The Labute approximate surface area is 184 Å². The number of carboxylic acids is 1. The molecule has 6 nitrogen and oxygen atoms in total. The van der Waals surface area contributed by atoms with Crippen molar-refractivity contribution in [3.8, 4) is 0 Å². The van der Waals surface area contributed by atoms with Crippen LogP contribution >= 0.6 is 0 Å². The Morgan fingerprint density at radius 1 is 0.968 bits per heavy atom. The molecule has 6 heteroatoms. The van der Waals surface area contributed by atoms with E-state index in [1.54, 1.807) is 13.1 Å². The number of hydrogen-bond acceptors (Lipinski definition) is 5. The monoisotopic (exact) mass is 420 g/mol. The van der Waals surface area contributed by atoms with E-state index in [9.17, 15) is 4.79 Å². The molecule has 0 radical (unpaired) electrons. The zero-order valence-corrected chi connectivity index (χ0v) is 18.0. The Kier molecular flexibility index (Phi) is 10.6. The highest BCUT2D eigenvalue weighted by atomic mass is 16.4. The number of nitrogens with one attached hydrogen (secondary N) is 2. The Morgan fingerprint density at radius 3 is 2.19 bits per heavy atom. The zero-order valence-electron chi connectivity index (χ0n) is 18.0. The number of nitrogen functional groups attached to an aromatic ring is 1. The van der Waals surface area contributed by atoms with Crippen molar-refractivity contribution in [3.05, 3.63) is 90.1 Å². The first-order chi connectivity index (χ1) is 15.1. The highest BCUT2D eigenvalue weighted by Crippen LogP contribution is 2.16. The molecule has 1 aromatic heterocycles. The van der Waals surface area contributed by atoms with Gasteiger partial charge in [-0.15, -0.1) is 0 Å². The first-order valence-corrected chi connectivity index (χ1v) is 10.5. The third-order valence-corrected chi connectivity index (χ3v) is 4.79. The van der Waals surface area contributed by atoms with E-state index in [0.717, 1.165) is 43.7 Å². The van der Waals surface area contributed by atoms with Crippen molar-refractivity contribution in [2.75, 3.05) is 30.7 Å². The lowest BCUT2D eigenvalue weighted by atomic mass is 9.99. The summed E-state index contributed by atoms with van der Waals surface area (Å²) in [5.74, 6) is -0.735. The third-order valence-electron chi connectivity index (χ3n) is 4.79. The molecule has 0 spiro atoms. The van der Waals surface area contributed by atoms with Crippen molar-refractivity contribution in [1.29, 1.82) is 0 Å². The van der Waals surface area contributed by atoms with Crippen LogP contribution in [0.4, 0.5) is 11.5 Å². The third kappa shape index (κ3) is 9.31. The fourth-order valence-corrected chi connectivity index (χ4v) is 2.86. The van der Waals surface area contributed by atoms with Gasteiger partial charge in [-0.2, -0.15) is 0 Å². The van der Waals surface area contributed by atoms with E-state index in [4.69, 9.17) is 10.8 Å². The van der Waals surface area contributed by atoms with Gasteiger partial charge in [-0.05, 0) is 56.1 Å². The van der Waals surface area contributed by atoms with Gasteiger partial charge in [-0.3, -0.25) is 4.79 Å². The summed E-state index contributed by atoms with van der Waals surface area (Å²) in [7, 11) is 0. The predicted octanol–water partition coefficient (Wildman–Crippen LogP) is 4.17. The van der Waals surface area contributed by atoms with E-state index >= 15 is 0 Å². The van der Waals surface area contributed by atoms with Crippen LogP contribution in [0, 0.1) is 0 Å². The molecule has 0 aliphatic rings. The molecule has 0 aliphatic heterocycles. The largest absolute Gasteiger partial charge is 0.481 e. The Bertz CT molecular complexity index is 859. The molecule has 5 N–H and O–H groups in total. The molecule has 31 heavy (non-hydrogen) atoms. The average molecular weight is 421 g/mol. The van der Waals surface area contributed by atoms with Crippen LogP contribution in [0.1, 0.15) is 30.4 Å². The molecule has 1 atom stereocenters. The number of benzene rings is 2. The van der Waals surface area contributed by atoms with Crippen LogP contribution in [0.5, 0.6) is 0 Å². The molecule has 3 rings (SSSR count). The number of hydrogen-bond donors (Lipinski definition) is 4. The summed E-state index contributed by atoms with van der Waals surface area (Å²) in [6.07, 6.45) is 3.59. The zero-order chi connectivity index (χ0) is 22.3. The summed E-state index contributed by atoms with van der Waals surface area (Å²) in [4.78, 5) is 15.0. The van der Waals surface area contributed by atoms with E-state index in [1.165, 1.54) is 5.56 Å². The van der Waals surface area contributed by atoms with Crippen molar-refractivity contribution in [2.45, 2.75) is 25.7 Å².